The fraction of sp³-hybridized carbons (Fsp3) is 0.462. The molecule has 0 saturated carbocycles. The maximum absolute atomic E-state index is 11.1. The minimum absolute atomic E-state index is 0. The van der Waals surface area contributed by atoms with Crippen LogP contribution in [0.2, 0.25) is 0 Å². The number of aliphatic carboxylic acids is 1. The standard InChI is InChI=1S/C13H17NO3.ClH/c1-2-10(13(15)16)12-5-3-8-7-9(14)4-6-11(8)17-12;/h4,6-7,10,12H,2-3,5,14H2,1H3,(H,15,16);1H/t10-,12?;/m0./s1. The fourth-order valence-corrected chi connectivity index (χ4v) is 2.31. The van der Waals surface area contributed by atoms with Crippen LogP contribution in [0.5, 0.6) is 5.75 Å². The van der Waals surface area contributed by atoms with Gasteiger partial charge in [0, 0.05) is 5.69 Å². The number of carbonyl (C=O) groups is 1. The SMILES string of the molecule is CC[C@H](C(=O)O)C1CCc2cc(N)ccc2O1.Cl. The Kier molecular flexibility index (Phi) is 4.84. The van der Waals surface area contributed by atoms with Gasteiger partial charge >= 0.3 is 5.97 Å². The van der Waals surface area contributed by atoms with Gasteiger partial charge in [-0.1, -0.05) is 6.92 Å². The van der Waals surface area contributed by atoms with E-state index in [4.69, 9.17) is 15.6 Å². The summed E-state index contributed by atoms with van der Waals surface area (Å²) < 4.78 is 5.76. The number of carboxylic acids is 1. The van der Waals surface area contributed by atoms with Crippen molar-refractivity contribution < 1.29 is 14.6 Å². The summed E-state index contributed by atoms with van der Waals surface area (Å²) in [6.45, 7) is 1.88. The molecule has 2 rings (SSSR count). The van der Waals surface area contributed by atoms with Gasteiger partial charge in [-0.15, -0.1) is 12.4 Å². The normalized spacial score (nSPS) is 19.1. The molecule has 0 spiro atoms. The smallest absolute Gasteiger partial charge is 0.310 e. The van der Waals surface area contributed by atoms with Crippen molar-refractivity contribution in [3.63, 3.8) is 0 Å². The first-order valence-electron chi connectivity index (χ1n) is 5.89. The van der Waals surface area contributed by atoms with E-state index in [0.29, 0.717) is 6.42 Å². The van der Waals surface area contributed by atoms with Crippen LogP contribution in [-0.2, 0) is 11.2 Å². The molecule has 0 bridgehead atoms. The van der Waals surface area contributed by atoms with E-state index < -0.39 is 11.9 Å². The van der Waals surface area contributed by atoms with E-state index in [9.17, 15) is 4.79 Å². The number of nitrogen functional groups attached to an aromatic ring is 1. The first-order valence-corrected chi connectivity index (χ1v) is 5.89. The van der Waals surface area contributed by atoms with Crippen LogP contribution >= 0.6 is 12.4 Å². The minimum Gasteiger partial charge on any atom is -0.489 e. The Balaban J connectivity index is 0.00000162. The summed E-state index contributed by atoms with van der Waals surface area (Å²) in [5.41, 5.74) is 7.49. The van der Waals surface area contributed by atoms with Crippen molar-refractivity contribution in [3.05, 3.63) is 23.8 Å². The van der Waals surface area contributed by atoms with Gasteiger partial charge in [-0.05, 0) is 43.0 Å². The zero-order valence-corrected chi connectivity index (χ0v) is 11.1. The first-order chi connectivity index (χ1) is 8.11. The van der Waals surface area contributed by atoms with Crippen molar-refractivity contribution in [3.8, 4) is 5.75 Å². The van der Waals surface area contributed by atoms with Crippen LogP contribution in [0.1, 0.15) is 25.3 Å². The Morgan fingerprint density at radius 3 is 2.94 bits per heavy atom. The number of halogens is 1. The van der Waals surface area contributed by atoms with Crippen molar-refractivity contribution in [1.82, 2.24) is 0 Å². The molecule has 4 nitrogen and oxygen atoms in total. The predicted molar refractivity (Wildman–Crippen MR) is 72.3 cm³/mol. The maximum Gasteiger partial charge on any atom is 0.310 e. The van der Waals surface area contributed by atoms with E-state index in [1.165, 1.54) is 0 Å². The molecule has 1 unspecified atom stereocenters. The van der Waals surface area contributed by atoms with E-state index in [2.05, 4.69) is 0 Å². The van der Waals surface area contributed by atoms with Crippen molar-refractivity contribution in [2.24, 2.45) is 5.92 Å². The molecule has 100 valence electrons. The largest absolute Gasteiger partial charge is 0.489 e. The third-order valence-corrected chi connectivity index (χ3v) is 3.27. The third kappa shape index (κ3) is 2.88. The molecule has 0 aromatic heterocycles. The van der Waals surface area contributed by atoms with Crippen molar-refractivity contribution in [2.75, 3.05) is 5.73 Å². The van der Waals surface area contributed by atoms with E-state index in [1.807, 2.05) is 19.1 Å². The highest BCUT2D eigenvalue weighted by atomic mass is 35.5. The van der Waals surface area contributed by atoms with Crippen molar-refractivity contribution in [2.45, 2.75) is 32.3 Å². The highest BCUT2D eigenvalue weighted by molar-refractivity contribution is 5.85. The predicted octanol–water partition coefficient (Wildman–Crippen LogP) is 2.50. The van der Waals surface area contributed by atoms with Crippen LogP contribution in [-0.4, -0.2) is 17.2 Å². The Bertz CT molecular complexity index is 436. The topological polar surface area (TPSA) is 72.5 Å². The lowest BCUT2D eigenvalue weighted by molar-refractivity contribution is -0.145. The number of rotatable bonds is 3. The van der Waals surface area contributed by atoms with Crippen LogP contribution < -0.4 is 10.5 Å². The van der Waals surface area contributed by atoms with Gasteiger partial charge < -0.3 is 15.6 Å². The molecule has 5 heteroatoms. The summed E-state index contributed by atoms with van der Waals surface area (Å²) in [4.78, 5) is 11.1. The quantitative estimate of drug-likeness (QED) is 0.829. The van der Waals surface area contributed by atoms with Crippen molar-refractivity contribution >= 4 is 24.1 Å². The van der Waals surface area contributed by atoms with Gasteiger partial charge in [0.2, 0.25) is 0 Å². The molecule has 1 heterocycles. The molecular weight excluding hydrogens is 254 g/mol. The maximum atomic E-state index is 11.1. The summed E-state index contributed by atoms with van der Waals surface area (Å²) >= 11 is 0. The molecule has 1 aromatic carbocycles. The van der Waals surface area contributed by atoms with Gasteiger partial charge in [-0.25, -0.2) is 0 Å². The summed E-state index contributed by atoms with van der Waals surface area (Å²) in [6.07, 6.45) is 1.93. The molecule has 0 radical (unpaired) electrons. The van der Waals surface area contributed by atoms with Crippen molar-refractivity contribution in [1.29, 1.82) is 0 Å². The number of ether oxygens (including phenoxy) is 1. The molecule has 0 aliphatic carbocycles. The second-order valence-electron chi connectivity index (χ2n) is 4.42. The molecular formula is C13H18ClNO3. The third-order valence-electron chi connectivity index (χ3n) is 3.27. The zero-order valence-electron chi connectivity index (χ0n) is 10.3. The summed E-state index contributed by atoms with van der Waals surface area (Å²) in [6, 6.07) is 5.50. The van der Waals surface area contributed by atoms with Gasteiger partial charge in [-0.3, -0.25) is 4.79 Å². The van der Waals surface area contributed by atoms with Crippen LogP contribution in [0, 0.1) is 5.92 Å². The molecule has 1 aliphatic rings. The Morgan fingerprint density at radius 1 is 1.61 bits per heavy atom. The van der Waals surface area contributed by atoms with Gasteiger partial charge in [0.25, 0.3) is 0 Å². The van der Waals surface area contributed by atoms with E-state index >= 15 is 0 Å². The highest BCUT2D eigenvalue weighted by Crippen LogP contribution is 2.32. The average molecular weight is 272 g/mol. The molecule has 3 N–H and O–H groups in total. The van der Waals surface area contributed by atoms with E-state index in [0.717, 1.165) is 29.8 Å². The average Bonchev–Trinajstić information content (AvgIpc) is 2.29. The summed E-state index contributed by atoms with van der Waals surface area (Å²) in [5, 5.41) is 9.12. The molecule has 0 saturated heterocycles. The van der Waals surface area contributed by atoms with E-state index in [-0.39, 0.29) is 18.5 Å². The second-order valence-corrected chi connectivity index (χ2v) is 4.42. The number of fused-ring (bicyclic) bond motifs is 1. The second kappa shape index (κ2) is 5.96. The lowest BCUT2D eigenvalue weighted by atomic mass is 9.91. The number of benzene rings is 1. The van der Waals surface area contributed by atoms with Crippen LogP contribution in [0.25, 0.3) is 0 Å². The van der Waals surface area contributed by atoms with Gasteiger partial charge in [-0.2, -0.15) is 0 Å². The Morgan fingerprint density at radius 2 is 2.33 bits per heavy atom. The van der Waals surface area contributed by atoms with Crippen LogP contribution in [0.4, 0.5) is 5.69 Å². The minimum atomic E-state index is -0.781. The number of carboxylic acid groups (broad SMARTS) is 1. The van der Waals surface area contributed by atoms with Crippen LogP contribution in [0.3, 0.4) is 0 Å². The molecule has 1 aromatic rings. The number of aryl methyl sites for hydroxylation is 1. The lowest BCUT2D eigenvalue weighted by Gasteiger charge is -2.29. The Labute approximate surface area is 113 Å². The summed E-state index contributed by atoms with van der Waals surface area (Å²) in [5.74, 6) is -0.438. The first kappa shape index (κ1) is 14.6. The lowest BCUT2D eigenvalue weighted by Crippen LogP contribution is -2.35. The fourth-order valence-electron chi connectivity index (χ4n) is 2.31. The Hall–Kier alpha value is -1.42. The number of anilines is 1. The summed E-state index contributed by atoms with van der Waals surface area (Å²) in [7, 11) is 0. The molecule has 0 fully saturated rings. The molecule has 2 atom stereocenters. The van der Waals surface area contributed by atoms with E-state index in [1.54, 1.807) is 6.07 Å². The van der Waals surface area contributed by atoms with Gasteiger partial charge in [0.15, 0.2) is 0 Å². The molecule has 0 amide bonds. The van der Waals surface area contributed by atoms with Gasteiger partial charge in [0.1, 0.15) is 11.9 Å². The zero-order chi connectivity index (χ0) is 12.4. The number of hydrogen-bond donors (Lipinski definition) is 2. The monoisotopic (exact) mass is 271 g/mol. The highest BCUT2D eigenvalue weighted by Gasteiger charge is 2.31. The number of hydrogen-bond acceptors (Lipinski definition) is 3. The molecule has 1 aliphatic heterocycles. The molecule has 18 heavy (non-hydrogen) atoms. The number of nitrogens with two attached hydrogens (primary N) is 1. The van der Waals surface area contributed by atoms with Crippen LogP contribution in [0.15, 0.2) is 18.2 Å². The van der Waals surface area contributed by atoms with Gasteiger partial charge in [0.05, 0.1) is 5.92 Å².